The average molecular weight is 450 g/mol. The van der Waals surface area contributed by atoms with E-state index in [2.05, 4.69) is 20.9 Å². The van der Waals surface area contributed by atoms with Gasteiger partial charge in [-0.05, 0) is 69.0 Å². The minimum atomic E-state index is -1.88. The van der Waals surface area contributed by atoms with Crippen LogP contribution in [0.5, 0.6) is 0 Å². The number of nitrogens with one attached hydrogen (secondary N) is 3. The molecule has 1 unspecified atom stereocenters. The summed E-state index contributed by atoms with van der Waals surface area (Å²) in [4.78, 5) is 41.1. The first-order valence-corrected chi connectivity index (χ1v) is 10.3. The van der Waals surface area contributed by atoms with E-state index in [-0.39, 0.29) is 6.54 Å². The van der Waals surface area contributed by atoms with Crippen LogP contribution in [0.3, 0.4) is 0 Å². The lowest BCUT2D eigenvalue weighted by Crippen LogP contribution is -2.45. The quantitative estimate of drug-likeness (QED) is 0.497. The summed E-state index contributed by atoms with van der Waals surface area (Å²) in [6.45, 7) is 5.42. The Hall–Kier alpha value is -4.14. The molecule has 1 aliphatic rings. The first-order chi connectivity index (χ1) is 15.6. The molecule has 0 spiro atoms. The lowest BCUT2D eigenvalue weighted by atomic mass is 9.83. The number of amides is 2. The molecule has 2 amide bonds. The molecule has 1 aromatic carbocycles. The van der Waals surface area contributed by atoms with Gasteiger partial charge in [0, 0.05) is 18.4 Å². The zero-order valence-corrected chi connectivity index (χ0v) is 18.6. The van der Waals surface area contributed by atoms with Crippen molar-refractivity contribution in [3.8, 4) is 0 Å². The van der Waals surface area contributed by atoms with Crippen molar-refractivity contribution in [2.45, 2.75) is 32.9 Å². The second-order valence-corrected chi connectivity index (χ2v) is 8.43. The molecule has 2 heterocycles. The summed E-state index contributed by atoms with van der Waals surface area (Å²) in [5, 5.41) is 18.1. The molecule has 172 valence electrons. The molecule has 9 heteroatoms. The van der Waals surface area contributed by atoms with E-state index in [4.69, 9.17) is 4.74 Å². The van der Waals surface area contributed by atoms with Crippen molar-refractivity contribution < 1.29 is 24.2 Å². The second-order valence-electron chi connectivity index (χ2n) is 8.43. The van der Waals surface area contributed by atoms with Crippen LogP contribution in [0, 0.1) is 5.41 Å². The predicted octanol–water partition coefficient (Wildman–Crippen LogP) is 3.27. The zero-order chi connectivity index (χ0) is 24.1. The highest BCUT2D eigenvalue weighted by Crippen LogP contribution is 2.29. The van der Waals surface area contributed by atoms with Gasteiger partial charge in [-0.3, -0.25) is 19.9 Å². The van der Waals surface area contributed by atoms with Crippen LogP contribution in [0.25, 0.3) is 5.70 Å². The highest BCUT2D eigenvalue weighted by Gasteiger charge is 2.44. The largest absolute Gasteiger partial charge is 0.480 e. The molecule has 0 saturated heterocycles. The van der Waals surface area contributed by atoms with Crippen LogP contribution < -0.4 is 16.0 Å². The van der Waals surface area contributed by atoms with Crippen molar-refractivity contribution in [2.75, 3.05) is 5.32 Å². The lowest BCUT2D eigenvalue weighted by Gasteiger charge is -2.26. The van der Waals surface area contributed by atoms with Gasteiger partial charge in [0.25, 0.3) is 0 Å². The molecule has 0 fully saturated rings. The number of anilines is 1. The number of hydrogen-bond donors (Lipinski definition) is 4. The summed E-state index contributed by atoms with van der Waals surface area (Å²) < 4.78 is 5.21. The number of benzene rings is 1. The average Bonchev–Trinajstić information content (AvgIpc) is 2.77. The third-order valence-electron chi connectivity index (χ3n) is 4.68. The Kier molecular flexibility index (Phi) is 6.81. The summed E-state index contributed by atoms with van der Waals surface area (Å²) >= 11 is 0. The number of carboxylic acids is 1. The van der Waals surface area contributed by atoms with Crippen LogP contribution in [0.4, 0.5) is 10.5 Å². The van der Waals surface area contributed by atoms with Gasteiger partial charge in [0.2, 0.25) is 5.91 Å². The molecule has 0 radical (unpaired) electrons. The van der Waals surface area contributed by atoms with Gasteiger partial charge in [-0.25, -0.2) is 4.79 Å². The van der Waals surface area contributed by atoms with E-state index in [0.717, 1.165) is 5.56 Å². The second kappa shape index (κ2) is 9.56. The maximum absolute atomic E-state index is 12.9. The highest BCUT2D eigenvalue weighted by atomic mass is 16.6. The zero-order valence-electron chi connectivity index (χ0n) is 18.6. The van der Waals surface area contributed by atoms with Gasteiger partial charge in [0.05, 0.1) is 11.4 Å². The fraction of sp³-hybridized carbons (Fsp3) is 0.250. The lowest BCUT2D eigenvalue weighted by molar-refractivity contribution is -0.149. The normalized spacial score (nSPS) is 17.4. The Morgan fingerprint density at radius 3 is 2.45 bits per heavy atom. The van der Waals surface area contributed by atoms with Crippen LogP contribution in [-0.2, 0) is 20.9 Å². The first-order valence-electron chi connectivity index (χ1n) is 10.3. The van der Waals surface area contributed by atoms with Crippen molar-refractivity contribution in [3.05, 3.63) is 78.3 Å². The molecule has 4 N–H and O–H groups in total. The van der Waals surface area contributed by atoms with E-state index < -0.39 is 29.0 Å². The Balaban J connectivity index is 1.68. The number of ether oxygens (including phenoxy) is 1. The fourth-order valence-corrected chi connectivity index (χ4v) is 3.08. The SMILES string of the molecule is CC(C)(C)OC(=O)Nc1ccc(CNC(=O)C2(C(=O)O)C=CNC(c3ccccn3)=C2)cc1. The summed E-state index contributed by atoms with van der Waals surface area (Å²) in [6, 6.07) is 12.0. The van der Waals surface area contributed by atoms with Crippen LogP contribution in [0.2, 0.25) is 0 Å². The number of pyridine rings is 1. The predicted molar refractivity (Wildman–Crippen MR) is 123 cm³/mol. The van der Waals surface area contributed by atoms with E-state index in [1.165, 1.54) is 18.4 Å². The Morgan fingerprint density at radius 1 is 1.12 bits per heavy atom. The molecule has 9 nitrogen and oxygen atoms in total. The van der Waals surface area contributed by atoms with Gasteiger partial charge >= 0.3 is 12.1 Å². The molecular weight excluding hydrogens is 424 g/mol. The van der Waals surface area contributed by atoms with Crippen molar-refractivity contribution in [2.24, 2.45) is 5.41 Å². The van der Waals surface area contributed by atoms with Gasteiger partial charge in [-0.1, -0.05) is 18.2 Å². The van der Waals surface area contributed by atoms with Crippen LogP contribution in [-0.4, -0.2) is 33.7 Å². The number of carboxylic acid groups (broad SMARTS) is 1. The molecule has 1 atom stereocenters. The Morgan fingerprint density at radius 2 is 1.85 bits per heavy atom. The Bertz CT molecular complexity index is 1090. The number of carbonyl (C=O) groups is 3. The fourth-order valence-electron chi connectivity index (χ4n) is 3.08. The van der Waals surface area contributed by atoms with Gasteiger partial charge < -0.3 is 20.5 Å². The molecular formula is C24H26N4O5. The van der Waals surface area contributed by atoms with E-state index in [0.29, 0.717) is 17.1 Å². The monoisotopic (exact) mass is 450 g/mol. The van der Waals surface area contributed by atoms with Crippen molar-refractivity contribution in [3.63, 3.8) is 0 Å². The van der Waals surface area contributed by atoms with E-state index in [9.17, 15) is 19.5 Å². The number of dihydropyridines is 1. The summed E-state index contributed by atoms with van der Waals surface area (Å²) in [6.07, 6.45) is 5.08. The van der Waals surface area contributed by atoms with Crippen molar-refractivity contribution >= 4 is 29.4 Å². The minimum absolute atomic E-state index is 0.106. The minimum Gasteiger partial charge on any atom is -0.480 e. The topological polar surface area (TPSA) is 130 Å². The van der Waals surface area contributed by atoms with Gasteiger partial charge in [0.1, 0.15) is 5.60 Å². The number of aliphatic carboxylic acids is 1. The van der Waals surface area contributed by atoms with Crippen LogP contribution in [0.15, 0.2) is 67.0 Å². The number of rotatable bonds is 6. The molecule has 1 aromatic heterocycles. The van der Waals surface area contributed by atoms with Crippen LogP contribution >= 0.6 is 0 Å². The van der Waals surface area contributed by atoms with E-state index in [1.54, 1.807) is 69.4 Å². The van der Waals surface area contributed by atoms with E-state index in [1.807, 2.05) is 0 Å². The first kappa shape index (κ1) is 23.5. The maximum atomic E-state index is 12.9. The number of nitrogens with zero attached hydrogens (tertiary/aromatic N) is 1. The summed E-state index contributed by atoms with van der Waals surface area (Å²) in [5.41, 5.74) is -0.281. The molecule has 2 aromatic rings. The molecule has 0 saturated carbocycles. The smallest absolute Gasteiger partial charge is 0.412 e. The van der Waals surface area contributed by atoms with Gasteiger partial charge in [0.15, 0.2) is 5.41 Å². The molecule has 33 heavy (non-hydrogen) atoms. The Labute approximate surface area is 191 Å². The third kappa shape index (κ3) is 5.97. The molecule has 0 bridgehead atoms. The number of hydrogen-bond acceptors (Lipinski definition) is 6. The molecule has 1 aliphatic heterocycles. The van der Waals surface area contributed by atoms with Crippen molar-refractivity contribution in [1.29, 1.82) is 0 Å². The summed E-state index contributed by atoms with van der Waals surface area (Å²) in [7, 11) is 0. The maximum Gasteiger partial charge on any atom is 0.412 e. The van der Waals surface area contributed by atoms with Gasteiger partial charge in [-0.2, -0.15) is 0 Å². The standard InChI is InChI=1S/C24H26N4O5/c1-23(2,3)33-22(32)28-17-9-7-16(8-10-17)15-27-20(29)24(21(30)31)11-13-26-19(14-24)18-6-4-5-12-25-18/h4-14,26H,15H2,1-3H3,(H,27,29)(H,28,32)(H,30,31). The number of carbonyl (C=O) groups excluding carboxylic acids is 2. The molecule has 3 rings (SSSR count). The third-order valence-corrected chi connectivity index (χ3v) is 4.68. The van der Waals surface area contributed by atoms with Gasteiger partial charge in [-0.15, -0.1) is 0 Å². The van der Waals surface area contributed by atoms with Crippen LogP contribution in [0.1, 0.15) is 32.0 Å². The highest BCUT2D eigenvalue weighted by molar-refractivity contribution is 6.07. The molecule has 0 aliphatic carbocycles. The number of aromatic nitrogens is 1. The van der Waals surface area contributed by atoms with Crippen molar-refractivity contribution in [1.82, 2.24) is 15.6 Å². The van der Waals surface area contributed by atoms with E-state index >= 15 is 0 Å². The summed E-state index contributed by atoms with van der Waals surface area (Å²) in [5.74, 6) is -1.99.